The Bertz CT molecular complexity index is 355. The molecule has 0 radical (unpaired) electrons. The fourth-order valence-corrected chi connectivity index (χ4v) is 1.72. The molecule has 5 heteroatoms. The van der Waals surface area contributed by atoms with Crippen LogP contribution in [0.5, 0.6) is 0 Å². The number of hydrogen-bond acceptors (Lipinski definition) is 5. The van der Waals surface area contributed by atoms with E-state index in [9.17, 15) is 5.11 Å². The van der Waals surface area contributed by atoms with Crippen LogP contribution < -0.4 is 5.32 Å². The van der Waals surface area contributed by atoms with E-state index in [1.807, 2.05) is 13.8 Å². The molecule has 2 rings (SSSR count). The van der Waals surface area contributed by atoms with Gasteiger partial charge < -0.3 is 15.2 Å². The van der Waals surface area contributed by atoms with Crippen molar-refractivity contribution in [2.45, 2.75) is 32.0 Å². The normalized spacial score (nSPS) is 29.3. The van der Waals surface area contributed by atoms with Crippen LogP contribution in [0, 0.1) is 6.92 Å². The second-order valence-electron chi connectivity index (χ2n) is 4.30. The number of nitrogens with zero attached hydrogens (tertiary/aromatic N) is 2. The van der Waals surface area contributed by atoms with Gasteiger partial charge in [0, 0.05) is 32.0 Å². The number of hydrogen-bond donors (Lipinski definition) is 2. The van der Waals surface area contributed by atoms with Gasteiger partial charge in [-0.1, -0.05) is 0 Å². The van der Waals surface area contributed by atoms with E-state index in [0.29, 0.717) is 25.5 Å². The van der Waals surface area contributed by atoms with Crippen molar-refractivity contribution in [2.24, 2.45) is 0 Å². The van der Waals surface area contributed by atoms with E-state index in [1.165, 1.54) is 0 Å². The van der Waals surface area contributed by atoms with Crippen molar-refractivity contribution >= 4 is 5.95 Å². The van der Waals surface area contributed by atoms with Crippen molar-refractivity contribution < 1.29 is 9.84 Å². The lowest BCUT2D eigenvalue weighted by Gasteiger charge is -2.26. The number of anilines is 1. The molecule has 0 bridgehead atoms. The molecule has 0 amide bonds. The average molecular weight is 223 g/mol. The monoisotopic (exact) mass is 223 g/mol. The fourth-order valence-electron chi connectivity index (χ4n) is 1.72. The van der Waals surface area contributed by atoms with Gasteiger partial charge in [0.05, 0.1) is 6.10 Å². The van der Waals surface area contributed by atoms with E-state index in [2.05, 4.69) is 15.3 Å². The van der Waals surface area contributed by atoms with Crippen molar-refractivity contribution in [3.63, 3.8) is 0 Å². The van der Waals surface area contributed by atoms with Gasteiger partial charge in [-0.2, -0.15) is 0 Å². The van der Waals surface area contributed by atoms with E-state index >= 15 is 0 Å². The summed E-state index contributed by atoms with van der Waals surface area (Å²) in [6.07, 6.45) is 3.99. The van der Waals surface area contributed by atoms with Gasteiger partial charge in [-0.3, -0.25) is 0 Å². The molecule has 1 aromatic heterocycles. The van der Waals surface area contributed by atoms with Gasteiger partial charge in [-0.25, -0.2) is 9.97 Å². The van der Waals surface area contributed by atoms with Gasteiger partial charge in [0.2, 0.25) is 5.95 Å². The largest absolute Gasteiger partial charge is 0.385 e. The number of aromatic nitrogens is 2. The summed E-state index contributed by atoms with van der Waals surface area (Å²) >= 11 is 0. The Morgan fingerprint density at radius 1 is 1.56 bits per heavy atom. The summed E-state index contributed by atoms with van der Waals surface area (Å²) in [7, 11) is 0. The molecule has 1 fully saturated rings. The molecular formula is C11H17N3O2. The lowest BCUT2D eigenvalue weighted by atomic mass is 9.97. The van der Waals surface area contributed by atoms with Gasteiger partial charge in [-0.05, 0) is 19.4 Å². The maximum Gasteiger partial charge on any atom is 0.222 e. The van der Waals surface area contributed by atoms with Crippen molar-refractivity contribution in [3.8, 4) is 0 Å². The topological polar surface area (TPSA) is 67.3 Å². The highest BCUT2D eigenvalue weighted by Gasteiger charge is 2.39. The van der Waals surface area contributed by atoms with E-state index in [-0.39, 0.29) is 6.10 Å². The van der Waals surface area contributed by atoms with Gasteiger partial charge in [-0.15, -0.1) is 0 Å². The minimum atomic E-state index is -0.811. The third-order valence-corrected chi connectivity index (χ3v) is 2.99. The zero-order valence-corrected chi connectivity index (χ0v) is 9.60. The Labute approximate surface area is 94.9 Å². The number of rotatable bonds is 3. The zero-order chi connectivity index (χ0) is 11.6. The molecule has 0 saturated carbocycles. The Morgan fingerprint density at radius 3 is 2.81 bits per heavy atom. The fraction of sp³-hybridized carbons (Fsp3) is 0.636. The molecule has 16 heavy (non-hydrogen) atoms. The quantitative estimate of drug-likeness (QED) is 0.791. The first-order chi connectivity index (χ1) is 7.60. The van der Waals surface area contributed by atoms with Crippen molar-refractivity contribution in [3.05, 3.63) is 18.0 Å². The summed E-state index contributed by atoms with van der Waals surface area (Å²) in [6, 6.07) is 0. The summed E-state index contributed by atoms with van der Waals surface area (Å²) in [5.41, 5.74) is 0.204. The highest BCUT2D eigenvalue weighted by Crippen LogP contribution is 2.25. The third-order valence-electron chi connectivity index (χ3n) is 2.99. The molecule has 1 aliphatic rings. The first kappa shape index (κ1) is 11.3. The molecule has 0 spiro atoms. The van der Waals surface area contributed by atoms with Gasteiger partial charge >= 0.3 is 0 Å². The second kappa shape index (κ2) is 4.35. The Kier molecular flexibility index (Phi) is 3.07. The standard InChI is InChI=1S/C11H17N3O2/c1-8-5-12-10(13-6-8)14-7-11(15)3-4-16-9(11)2/h5-6,9,15H,3-4,7H2,1-2H3,(H,12,13,14). The molecule has 88 valence electrons. The second-order valence-corrected chi connectivity index (χ2v) is 4.30. The van der Waals surface area contributed by atoms with Crippen molar-refractivity contribution in [1.29, 1.82) is 0 Å². The lowest BCUT2D eigenvalue weighted by molar-refractivity contribution is -0.0176. The van der Waals surface area contributed by atoms with E-state index in [1.54, 1.807) is 12.4 Å². The molecule has 0 aliphatic carbocycles. The predicted octanol–water partition coefficient (Wildman–Crippen LogP) is 0.737. The predicted molar refractivity (Wildman–Crippen MR) is 60.2 cm³/mol. The van der Waals surface area contributed by atoms with Crippen LogP contribution in [0.15, 0.2) is 12.4 Å². The van der Waals surface area contributed by atoms with Crippen LogP contribution in [0.25, 0.3) is 0 Å². The van der Waals surface area contributed by atoms with Gasteiger partial charge in [0.15, 0.2) is 0 Å². The highest BCUT2D eigenvalue weighted by molar-refractivity contribution is 5.25. The SMILES string of the molecule is Cc1cnc(NCC2(O)CCOC2C)nc1. The summed E-state index contributed by atoms with van der Waals surface area (Å²) in [4.78, 5) is 8.24. The number of ether oxygens (including phenoxy) is 1. The molecule has 1 aromatic rings. The maximum absolute atomic E-state index is 10.2. The molecule has 5 nitrogen and oxygen atoms in total. The maximum atomic E-state index is 10.2. The number of aliphatic hydroxyl groups is 1. The van der Waals surface area contributed by atoms with Crippen molar-refractivity contribution in [1.82, 2.24) is 9.97 Å². The summed E-state index contributed by atoms with van der Waals surface area (Å²) in [5, 5.41) is 13.3. The highest BCUT2D eigenvalue weighted by atomic mass is 16.5. The Hall–Kier alpha value is -1.20. The zero-order valence-electron chi connectivity index (χ0n) is 9.60. The lowest BCUT2D eigenvalue weighted by Crippen LogP contribution is -2.43. The number of aryl methyl sites for hydroxylation is 1. The van der Waals surface area contributed by atoms with Crippen LogP contribution >= 0.6 is 0 Å². The molecule has 1 saturated heterocycles. The van der Waals surface area contributed by atoms with Crippen LogP contribution in [0.1, 0.15) is 18.9 Å². The van der Waals surface area contributed by atoms with Crippen LogP contribution in [-0.2, 0) is 4.74 Å². The minimum Gasteiger partial charge on any atom is -0.385 e. The van der Waals surface area contributed by atoms with Crippen LogP contribution in [-0.4, -0.2) is 39.9 Å². The number of nitrogens with one attached hydrogen (secondary N) is 1. The van der Waals surface area contributed by atoms with Crippen LogP contribution in [0.2, 0.25) is 0 Å². The molecule has 0 aromatic carbocycles. The molecular weight excluding hydrogens is 206 g/mol. The van der Waals surface area contributed by atoms with E-state index in [4.69, 9.17) is 4.74 Å². The first-order valence-electron chi connectivity index (χ1n) is 5.47. The smallest absolute Gasteiger partial charge is 0.222 e. The summed E-state index contributed by atoms with van der Waals surface area (Å²) in [6.45, 7) is 4.83. The average Bonchev–Trinajstić information content (AvgIpc) is 2.59. The van der Waals surface area contributed by atoms with Crippen LogP contribution in [0.3, 0.4) is 0 Å². The van der Waals surface area contributed by atoms with Gasteiger partial charge in [0.1, 0.15) is 5.60 Å². The molecule has 2 N–H and O–H groups in total. The Balaban J connectivity index is 1.94. The molecule has 2 heterocycles. The first-order valence-corrected chi connectivity index (χ1v) is 5.47. The molecule has 2 atom stereocenters. The van der Waals surface area contributed by atoms with Crippen molar-refractivity contribution in [2.75, 3.05) is 18.5 Å². The van der Waals surface area contributed by atoms with Gasteiger partial charge in [0.25, 0.3) is 0 Å². The summed E-state index contributed by atoms with van der Waals surface area (Å²) in [5.74, 6) is 0.540. The third kappa shape index (κ3) is 2.31. The minimum absolute atomic E-state index is 0.148. The van der Waals surface area contributed by atoms with Crippen LogP contribution in [0.4, 0.5) is 5.95 Å². The van der Waals surface area contributed by atoms with E-state index in [0.717, 1.165) is 5.56 Å². The Morgan fingerprint density at radius 2 is 2.25 bits per heavy atom. The van der Waals surface area contributed by atoms with E-state index < -0.39 is 5.60 Å². The molecule has 2 unspecified atom stereocenters. The summed E-state index contributed by atoms with van der Waals surface area (Å²) < 4.78 is 5.35. The molecule has 1 aliphatic heterocycles.